The van der Waals surface area contributed by atoms with E-state index >= 15 is 0 Å². The zero-order valence-corrected chi connectivity index (χ0v) is 11.0. The van der Waals surface area contributed by atoms with Gasteiger partial charge in [-0.3, -0.25) is 0 Å². The van der Waals surface area contributed by atoms with Crippen molar-refractivity contribution in [2.24, 2.45) is 10.2 Å². The van der Waals surface area contributed by atoms with E-state index in [0.717, 1.165) is 0 Å². The van der Waals surface area contributed by atoms with Crippen molar-refractivity contribution in [3.63, 3.8) is 0 Å². The van der Waals surface area contributed by atoms with Crippen LogP contribution in [0.2, 0.25) is 0 Å². The fraction of sp³-hybridized carbons (Fsp3) is 0.214. The topological polar surface area (TPSA) is 75.2 Å². The number of aromatic hydroxyl groups is 1. The van der Waals surface area contributed by atoms with Gasteiger partial charge in [-0.25, -0.2) is 9.18 Å². The molecule has 0 radical (unpaired) electrons. The van der Waals surface area contributed by atoms with Gasteiger partial charge in [0.1, 0.15) is 28.8 Å². The van der Waals surface area contributed by atoms with Crippen molar-refractivity contribution >= 4 is 5.69 Å². The normalized spacial score (nSPS) is 12.8. The van der Waals surface area contributed by atoms with Crippen LogP contribution in [-0.2, 0) is 0 Å². The molecule has 1 atom stereocenters. The van der Waals surface area contributed by atoms with Gasteiger partial charge in [0.05, 0.1) is 0 Å². The molecule has 1 N–H and O–H groups in total. The Morgan fingerprint density at radius 1 is 1.35 bits per heavy atom. The summed E-state index contributed by atoms with van der Waals surface area (Å²) in [5, 5.41) is 17.3. The van der Waals surface area contributed by atoms with Crippen LogP contribution < -0.4 is 5.63 Å². The number of halogens is 1. The largest absolute Gasteiger partial charge is 0.507 e. The van der Waals surface area contributed by atoms with E-state index in [2.05, 4.69) is 10.2 Å². The summed E-state index contributed by atoms with van der Waals surface area (Å²) in [6, 6.07) is 6.47. The third-order valence-corrected chi connectivity index (χ3v) is 2.70. The maximum atomic E-state index is 13.4. The summed E-state index contributed by atoms with van der Waals surface area (Å²) in [4.78, 5) is 11.7. The SMILES string of the molecule is Cc1cc(O)c(C(C)N=Nc2ccccc2F)c(=O)o1. The number of hydrogen-bond donors (Lipinski definition) is 1. The van der Waals surface area contributed by atoms with E-state index in [1.165, 1.54) is 24.3 Å². The summed E-state index contributed by atoms with van der Waals surface area (Å²) >= 11 is 0. The second-order valence-electron chi connectivity index (χ2n) is 4.29. The minimum Gasteiger partial charge on any atom is -0.507 e. The third-order valence-electron chi connectivity index (χ3n) is 2.70. The summed E-state index contributed by atoms with van der Waals surface area (Å²) < 4.78 is 18.3. The van der Waals surface area contributed by atoms with Crippen molar-refractivity contribution in [3.8, 4) is 5.75 Å². The molecule has 104 valence electrons. The third kappa shape index (κ3) is 2.90. The second kappa shape index (κ2) is 5.64. The molecule has 0 fully saturated rings. The molecule has 0 spiro atoms. The number of nitrogens with zero attached hydrogens (tertiary/aromatic N) is 2. The molecule has 0 bridgehead atoms. The average Bonchev–Trinajstić information content (AvgIpc) is 2.36. The second-order valence-corrected chi connectivity index (χ2v) is 4.29. The van der Waals surface area contributed by atoms with Crippen LogP contribution in [-0.4, -0.2) is 5.11 Å². The van der Waals surface area contributed by atoms with E-state index in [4.69, 9.17) is 4.42 Å². The van der Waals surface area contributed by atoms with Crippen molar-refractivity contribution < 1.29 is 13.9 Å². The lowest BCUT2D eigenvalue weighted by Crippen LogP contribution is -2.10. The summed E-state index contributed by atoms with van der Waals surface area (Å²) in [5.41, 5.74) is -0.617. The lowest BCUT2D eigenvalue weighted by Gasteiger charge is -2.06. The van der Waals surface area contributed by atoms with E-state index in [-0.39, 0.29) is 17.0 Å². The Morgan fingerprint density at radius 2 is 2.05 bits per heavy atom. The zero-order valence-electron chi connectivity index (χ0n) is 11.0. The Bertz CT molecular complexity index is 710. The van der Waals surface area contributed by atoms with Crippen LogP contribution in [0.25, 0.3) is 0 Å². The van der Waals surface area contributed by atoms with Crippen LogP contribution in [0.1, 0.15) is 24.3 Å². The molecule has 2 rings (SSSR count). The molecule has 20 heavy (non-hydrogen) atoms. The molecule has 0 aliphatic carbocycles. The molecular weight excluding hydrogens is 263 g/mol. The Balaban J connectivity index is 2.32. The first kappa shape index (κ1) is 13.9. The Labute approximate surface area is 114 Å². The van der Waals surface area contributed by atoms with Gasteiger partial charge in [0, 0.05) is 6.07 Å². The molecule has 1 aromatic carbocycles. The summed E-state index contributed by atoms with van der Waals surface area (Å²) in [6.07, 6.45) is 0. The van der Waals surface area contributed by atoms with Gasteiger partial charge in [0.2, 0.25) is 0 Å². The van der Waals surface area contributed by atoms with Crippen LogP contribution in [0.3, 0.4) is 0 Å². The smallest absolute Gasteiger partial charge is 0.345 e. The molecular formula is C14H13FN2O3. The van der Waals surface area contributed by atoms with Crippen molar-refractivity contribution in [2.45, 2.75) is 19.9 Å². The molecule has 5 nitrogen and oxygen atoms in total. The molecule has 1 unspecified atom stereocenters. The number of hydrogen-bond acceptors (Lipinski definition) is 5. The number of azo groups is 1. The highest BCUT2D eigenvalue weighted by molar-refractivity contribution is 5.37. The molecule has 0 saturated carbocycles. The van der Waals surface area contributed by atoms with Gasteiger partial charge in [-0.05, 0) is 26.0 Å². The van der Waals surface area contributed by atoms with Crippen LogP contribution in [0.15, 0.2) is 49.8 Å². The van der Waals surface area contributed by atoms with E-state index in [1.54, 1.807) is 19.9 Å². The van der Waals surface area contributed by atoms with Gasteiger partial charge >= 0.3 is 5.63 Å². The van der Waals surface area contributed by atoms with E-state index in [0.29, 0.717) is 5.76 Å². The average molecular weight is 276 g/mol. The Hall–Kier alpha value is -2.50. The van der Waals surface area contributed by atoms with E-state index in [1.807, 2.05) is 0 Å². The molecule has 1 heterocycles. The predicted molar refractivity (Wildman–Crippen MR) is 70.7 cm³/mol. The number of rotatable bonds is 3. The van der Waals surface area contributed by atoms with Gasteiger partial charge in [-0.2, -0.15) is 10.2 Å². The highest BCUT2D eigenvalue weighted by Crippen LogP contribution is 2.26. The number of benzene rings is 1. The first-order chi connectivity index (χ1) is 9.49. The summed E-state index contributed by atoms with van der Waals surface area (Å²) in [6.45, 7) is 3.11. The van der Waals surface area contributed by atoms with Crippen LogP contribution >= 0.6 is 0 Å². The van der Waals surface area contributed by atoms with E-state index in [9.17, 15) is 14.3 Å². The molecule has 2 aromatic rings. The van der Waals surface area contributed by atoms with Gasteiger partial charge < -0.3 is 9.52 Å². The van der Waals surface area contributed by atoms with Crippen molar-refractivity contribution in [3.05, 3.63) is 57.9 Å². The minimum absolute atomic E-state index is 0.00399. The molecule has 1 aromatic heterocycles. The fourth-order valence-electron chi connectivity index (χ4n) is 1.73. The van der Waals surface area contributed by atoms with Crippen molar-refractivity contribution in [2.75, 3.05) is 0 Å². The van der Waals surface area contributed by atoms with Crippen LogP contribution in [0.5, 0.6) is 5.75 Å². The fourth-order valence-corrected chi connectivity index (χ4v) is 1.73. The van der Waals surface area contributed by atoms with Crippen molar-refractivity contribution in [1.82, 2.24) is 0 Å². The summed E-state index contributed by atoms with van der Waals surface area (Å²) in [5.74, 6) is -0.420. The Kier molecular flexibility index (Phi) is 3.93. The lowest BCUT2D eigenvalue weighted by atomic mass is 10.1. The first-order valence-electron chi connectivity index (χ1n) is 5.98. The maximum absolute atomic E-state index is 13.4. The number of aryl methyl sites for hydroxylation is 1. The quantitative estimate of drug-likeness (QED) is 0.869. The van der Waals surface area contributed by atoms with Gasteiger partial charge in [0.25, 0.3) is 0 Å². The highest BCUT2D eigenvalue weighted by atomic mass is 19.1. The molecule has 0 amide bonds. The predicted octanol–water partition coefficient (Wildman–Crippen LogP) is 3.64. The van der Waals surface area contributed by atoms with Crippen LogP contribution in [0, 0.1) is 12.7 Å². The molecule has 0 saturated heterocycles. The summed E-state index contributed by atoms with van der Waals surface area (Å²) in [7, 11) is 0. The van der Waals surface area contributed by atoms with Gasteiger partial charge in [-0.1, -0.05) is 12.1 Å². The maximum Gasteiger partial charge on any atom is 0.345 e. The van der Waals surface area contributed by atoms with Gasteiger partial charge in [0.15, 0.2) is 5.82 Å². The standard InChI is InChI=1S/C14H13FN2O3/c1-8-7-12(18)13(14(19)20-8)9(2)16-17-11-6-4-3-5-10(11)15/h3-7,9,18H,1-2H3. The van der Waals surface area contributed by atoms with Crippen LogP contribution in [0.4, 0.5) is 10.1 Å². The lowest BCUT2D eigenvalue weighted by molar-refractivity contribution is 0.415. The van der Waals surface area contributed by atoms with Gasteiger partial charge in [-0.15, -0.1) is 0 Å². The van der Waals surface area contributed by atoms with E-state index < -0.39 is 17.5 Å². The minimum atomic E-state index is -0.744. The first-order valence-corrected chi connectivity index (χ1v) is 5.98. The molecule has 0 aliphatic heterocycles. The highest BCUT2D eigenvalue weighted by Gasteiger charge is 2.16. The zero-order chi connectivity index (χ0) is 14.7. The monoisotopic (exact) mass is 276 g/mol. The Morgan fingerprint density at radius 3 is 2.70 bits per heavy atom. The molecule has 0 aliphatic rings. The van der Waals surface area contributed by atoms with Crippen molar-refractivity contribution in [1.29, 1.82) is 0 Å². The molecule has 6 heteroatoms.